The number of fused-ring (bicyclic) bond motifs is 1. The third kappa shape index (κ3) is 3.19. The summed E-state index contributed by atoms with van der Waals surface area (Å²) < 4.78 is 75.7. The molecule has 0 unspecified atom stereocenters. The number of aromatic amines is 1. The molecule has 1 aliphatic heterocycles. The predicted octanol–water partition coefficient (Wildman–Crippen LogP) is 1.92. The second kappa shape index (κ2) is 5.77. The summed E-state index contributed by atoms with van der Waals surface area (Å²) in [6.07, 6.45) is 0.137. The lowest BCUT2D eigenvalue weighted by atomic mass is 10.0. The third-order valence-corrected chi connectivity index (χ3v) is 3.17. The van der Waals surface area contributed by atoms with E-state index in [1.807, 2.05) is 0 Å². The number of aromatic nitrogens is 1. The Hall–Kier alpha value is -2.01. The Balaban J connectivity index is 2.03. The zero-order chi connectivity index (χ0) is 22.6. The number of alkyl carbamates (subject to hydrolysis) is 1. The van der Waals surface area contributed by atoms with Gasteiger partial charge in [0, 0.05) is 27.8 Å². The van der Waals surface area contributed by atoms with Crippen LogP contribution in [-0.4, -0.2) is 49.1 Å². The Bertz CT molecular complexity index is 1000. The first-order valence-corrected chi connectivity index (χ1v) is 6.49. The van der Waals surface area contributed by atoms with Crippen molar-refractivity contribution >= 4 is 17.0 Å². The van der Waals surface area contributed by atoms with E-state index in [9.17, 15) is 4.79 Å². The summed E-state index contributed by atoms with van der Waals surface area (Å²) in [5, 5.41) is 2.39. The summed E-state index contributed by atoms with van der Waals surface area (Å²) in [5.41, 5.74) is 0.714. The van der Waals surface area contributed by atoms with Gasteiger partial charge in [-0.3, -0.25) is 0 Å². The molecule has 0 bridgehead atoms. The first-order valence-electron chi connectivity index (χ1n) is 11.0. The Labute approximate surface area is 136 Å². The van der Waals surface area contributed by atoms with E-state index in [0.29, 0.717) is 10.9 Å². The molecule has 21 heavy (non-hydrogen) atoms. The van der Waals surface area contributed by atoms with Gasteiger partial charge in [0.2, 0.25) is 0 Å². The van der Waals surface area contributed by atoms with Gasteiger partial charge in [-0.1, -0.05) is 6.04 Å². The van der Waals surface area contributed by atoms with Gasteiger partial charge in [-0.2, -0.15) is 0 Å². The Morgan fingerprint density at radius 1 is 1.67 bits per heavy atom. The molecule has 3 rings (SSSR count). The molecule has 0 aliphatic carbocycles. The SMILES string of the molecule is [2H]c1c(C[C@]2([2H])NC(=O)OC2([2H])[2H])c([2H])c2c(CCN(C)C([2H])([2H])[2H])c[nH]c2c1[2H]. The molecule has 1 saturated heterocycles. The van der Waals surface area contributed by atoms with Crippen molar-refractivity contribution in [1.82, 2.24) is 15.2 Å². The standard InChI is InChI=1S/C16H21N3O2/c1-19(2)6-5-12-9-17-15-4-3-11(8-14(12)15)7-13-10-21-16(20)18-13/h3-4,8-9,13,17H,5-7,10H2,1-2H3,(H,18,20)/t13-/m0/s1/i1D3,3D,4D,8D,10D2,13D. The van der Waals surface area contributed by atoms with Gasteiger partial charge in [0.25, 0.3) is 0 Å². The minimum atomic E-state index is -2.69. The Kier molecular flexibility index (Phi) is 1.88. The van der Waals surface area contributed by atoms with Gasteiger partial charge in [0.05, 0.1) is 14.2 Å². The van der Waals surface area contributed by atoms with Crippen LogP contribution < -0.4 is 5.32 Å². The highest BCUT2D eigenvalue weighted by atomic mass is 16.6. The first kappa shape index (κ1) is 6.83. The molecule has 2 heterocycles. The average molecular weight is 296 g/mol. The highest BCUT2D eigenvalue weighted by Crippen LogP contribution is 2.21. The highest BCUT2D eigenvalue weighted by molar-refractivity contribution is 5.84. The van der Waals surface area contributed by atoms with Crippen LogP contribution >= 0.6 is 0 Å². The van der Waals surface area contributed by atoms with Crippen LogP contribution in [0, 0.1) is 0 Å². The fraction of sp³-hybridized carbons (Fsp3) is 0.438. The Morgan fingerprint density at radius 2 is 2.57 bits per heavy atom. The molecule has 0 spiro atoms. The molecule has 1 atom stereocenters. The summed E-state index contributed by atoms with van der Waals surface area (Å²) in [6.45, 7) is -4.81. The lowest BCUT2D eigenvalue weighted by Gasteiger charge is -2.09. The fourth-order valence-corrected chi connectivity index (χ4v) is 2.14. The molecule has 0 radical (unpaired) electrons. The number of cyclic esters (lactones) is 1. The van der Waals surface area contributed by atoms with Crippen LogP contribution in [-0.2, 0) is 17.6 Å². The third-order valence-electron chi connectivity index (χ3n) is 3.17. The monoisotopic (exact) mass is 296 g/mol. The summed E-state index contributed by atoms with van der Waals surface area (Å²) in [6, 6.07) is -3.04. The number of ether oxygens (including phenoxy) is 1. The van der Waals surface area contributed by atoms with Crippen molar-refractivity contribution in [3.8, 4) is 0 Å². The number of hydrogen-bond acceptors (Lipinski definition) is 3. The molecule has 1 amide bonds. The van der Waals surface area contributed by atoms with Crippen LogP contribution in [0.3, 0.4) is 0 Å². The highest BCUT2D eigenvalue weighted by Gasteiger charge is 2.22. The van der Waals surface area contributed by atoms with Crippen molar-refractivity contribution in [2.75, 3.05) is 27.1 Å². The molecule has 2 aromatic rings. The van der Waals surface area contributed by atoms with Crippen molar-refractivity contribution in [2.24, 2.45) is 0 Å². The normalized spacial score (nSPS) is 31.0. The van der Waals surface area contributed by atoms with Gasteiger partial charge in [0.1, 0.15) is 6.56 Å². The van der Waals surface area contributed by atoms with Crippen molar-refractivity contribution in [3.05, 3.63) is 35.5 Å². The largest absolute Gasteiger partial charge is 0.447 e. The number of nitrogens with one attached hydrogen (secondary N) is 2. The number of likely N-dealkylation sites (N-methyl/N-ethyl adjacent to an activating group) is 1. The maximum Gasteiger partial charge on any atom is 0.407 e. The molecule has 1 aromatic heterocycles. The molecule has 0 saturated carbocycles. The number of carbonyl (C=O) groups excluding carboxylic acids is 1. The van der Waals surface area contributed by atoms with E-state index in [-0.39, 0.29) is 42.2 Å². The zero-order valence-electron chi connectivity index (χ0n) is 20.5. The average Bonchev–Trinajstić information content (AvgIpc) is 3.12. The second-order valence-corrected chi connectivity index (χ2v) is 4.86. The van der Waals surface area contributed by atoms with Crippen molar-refractivity contribution < 1.29 is 21.9 Å². The summed E-state index contributed by atoms with van der Waals surface area (Å²) in [7, 11) is 1.45. The van der Waals surface area contributed by atoms with Gasteiger partial charge in [-0.25, -0.2) is 4.79 Å². The molecule has 1 fully saturated rings. The van der Waals surface area contributed by atoms with Crippen LogP contribution in [0.4, 0.5) is 4.79 Å². The topological polar surface area (TPSA) is 57.4 Å². The number of benzene rings is 1. The number of H-pyrrole nitrogens is 1. The van der Waals surface area contributed by atoms with Gasteiger partial charge in [0.15, 0.2) is 0 Å². The summed E-state index contributed by atoms with van der Waals surface area (Å²) >= 11 is 0. The van der Waals surface area contributed by atoms with Crippen molar-refractivity contribution in [1.29, 1.82) is 0 Å². The maximum absolute atomic E-state index is 11.5. The molecule has 1 aliphatic rings. The van der Waals surface area contributed by atoms with E-state index in [1.165, 1.54) is 11.9 Å². The van der Waals surface area contributed by atoms with E-state index in [2.05, 4.69) is 15.0 Å². The maximum atomic E-state index is 11.5. The van der Waals surface area contributed by atoms with Crippen LogP contribution in [0.1, 0.15) is 23.5 Å². The van der Waals surface area contributed by atoms with E-state index in [1.54, 1.807) is 6.20 Å². The molecular formula is C16H21N3O2. The second-order valence-electron chi connectivity index (χ2n) is 4.86. The zero-order valence-corrected chi connectivity index (χ0v) is 11.5. The fourth-order valence-electron chi connectivity index (χ4n) is 2.14. The minimum Gasteiger partial charge on any atom is -0.447 e. The molecule has 112 valence electrons. The van der Waals surface area contributed by atoms with E-state index in [4.69, 9.17) is 12.3 Å². The number of amides is 1. The van der Waals surface area contributed by atoms with Crippen molar-refractivity contribution in [3.63, 3.8) is 0 Å². The first-order chi connectivity index (χ1) is 13.7. The van der Waals surface area contributed by atoms with Crippen LogP contribution in [0.15, 0.2) is 24.3 Å². The lowest BCUT2D eigenvalue weighted by molar-refractivity contribution is 0.177. The summed E-state index contributed by atoms with van der Waals surface area (Å²) in [5.74, 6) is 0. The Morgan fingerprint density at radius 3 is 3.33 bits per heavy atom. The van der Waals surface area contributed by atoms with Crippen LogP contribution in [0.25, 0.3) is 10.9 Å². The molecule has 2 N–H and O–H groups in total. The molecular weight excluding hydrogens is 266 g/mol. The van der Waals surface area contributed by atoms with E-state index < -0.39 is 32.1 Å². The molecule has 1 aromatic carbocycles. The summed E-state index contributed by atoms with van der Waals surface area (Å²) in [4.78, 5) is 15.5. The van der Waals surface area contributed by atoms with Gasteiger partial charge >= 0.3 is 6.09 Å². The van der Waals surface area contributed by atoms with Crippen molar-refractivity contribution in [2.45, 2.75) is 18.9 Å². The van der Waals surface area contributed by atoms with Crippen LogP contribution in [0.5, 0.6) is 0 Å². The number of hydrogen-bond donors (Lipinski definition) is 2. The molecule has 5 nitrogen and oxygen atoms in total. The smallest absolute Gasteiger partial charge is 0.407 e. The number of nitrogens with zero attached hydrogens (tertiary/aromatic N) is 1. The van der Waals surface area contributed by atoms with E-state index in [0.717, 1.165) is 0 Å². The van der Waals surface area contributed by atoms with Gasteiger partial charge in [-0.05, 0) is 50.1 Å². The van der Waals surface area contributed by atoms with Crippen LogP contribution in [0.2, 0.25) is 0 Å². The number of rotatable bonds is 5. The predicted molar refractivity (Wildman–Crippen MR) is 82.5 cm³/mol. The van der Waals surface area contributed by atoms with Gasteiger partial charge < -0.3 is 19.9 Å². The van der Waals surface area contributed by atoms with Gasteiger partial charge in [-0.15, -0.1) is 0 Å². The minimum absolute atomic E-state index is 0.0813. The molecule has 5 heteroatoms. The number of carbonyl (C=O) groups is 1. The quantitative estimate of drug-likeness (QED) is 0.886. The lowest BCUT2D eigenvalue weighted by Crippen LogP contribution is -2.28. The van der Waals surface area contributed by atoms with E-state index >= 15 is 0 Å².